The molecule has 0 saturated carbocycles. The molecule has 0 spiro atoms. The molecule has 2 aliphatic rings. The van der Waals surface area contributed by atoms with Crippen molar-refractivity contribution in [2.75, 3.05) is 26.7 Å². The summed E-state index contributed by atoms with van der Waals surface area (Å²) in [7, 11) is 1.83. The zero-order chi connectivity index (χ0) is 13.5. The highest BCUT2D eigenvalue weighted by Gasteiger charge is 2.41. The highest BCUT2D eigenvalue weighted by molar-refractivity contribution is 5.77. The van der Waals surface area contributed by atoms with Crippen molar-refractivity contribution >= 4 is 12.0 Å². The van der Waals surface area contributed by atoms with Crippen molar-refractivity contribution in [2.45, 2.75) is 32.8 Å². The number of nitrogens with zero attached hydrogens (tertiary/aromatic N) is 2. The summed E-state index contributed by atoms with van der Waals surface area (Å²) in [4.78, 5) is 27.1. The first-order valence-electron chi connectivity index (χ1n) is 6.48. The minimum absolute atomic E-state index is 0.183. The lowest BCUT2D eigenvalue weighted by atomic mass is 9.88. The van der Waals surface area contributed by atoms with Crippen LogP contribution in [0, 0.1) is 11.8 Å². The SMILES string of the molecule is CN1CC2CN(C(=O)OC(C)(C)C)CC2CC1=O. The molecule has 0 aromatic carbocycles. The molecule has 0 N–H and O–H groups in total. The van der Waals surface area contributed by atoms with E-state index >= 15 is 0 Å². The molecule has 2 atom stereocenters. The fourth-order valence-electron chi connectivity index (χ4n) is 2.69. The van der Waals surface area contributed by atoms with E-state index in [1.54, 1.807) is 9.80 Å². The quantitative estimate of drug-likeness (QED) is 0.655. The van der Waals surface area contributed by atoms with Crippen LogP contribution in [0.5, 0.6) is 0 Å². The van der Waals surface area contributed by atoms with Gasteiger partial charge in [-0.05, 0) is 32.6 Å². The van der Waals surface area contributed by atoms with E-state index in [-0.39, 0.29) is 12.0 Å². The van der Waals surface area contributed by atoms with Gasteiger partial charge >= 0.3 is 6.09 Å². The molecule has 102 valence electrons. The van der Waals surface area contributed by atoms with Gasteiger partial charge in [0, 0.05) is 33.1 Å². The molecule has 5 nitrogen and oxygen atoms in total. The molecule has 0 aromatic heterocycles. The maximum Gasteiger partial charge on any atom is 0.410 e. The maximum absolute atomic E-state index is 12.0. The van der Waals surface area contributed by atoms with Gasteiger partial charge in [-0.2, -0.15) is 0 Å². The minimum Gasteiger partial charge on any atom is -0.444 e. The van der Waals surface area contributed by atoms with Crippen molar-refractivity contribution in [2.24, 2.45) is 11.8 Å². The van der Waals surface area contributed by atoms with E-state index < -0.39 is 5.60 Å². The summed E-state index contributed by atoms with van der Waals surface area (Å²) in [5.74, 6) is 0.892. The van der Waals surface area contributed by atoms with Crippen LogP contribution < -0.4 is 0 Å². The third kappa shape index (κ3) is 2.76. The summed E-state index contributed by atoms with van der Waals surface area (Å²) in [6.45, 7) is 7.71. The van der Waals surface area contributed by atoms with Gasteiger partial charge in [0.2, 0.25) is 5.91 Å². The Hall–Kier alpha value is -1.26. The third-order valence-corrected chi connectivity index (χ3v) is 3.60. The van der Waals surface area contributed by atoms with Crippen molar-refractivity contribution in [3.05, 3.63) is 0 Å². The van der Waals surface area contributed by atoms with Crippen LogP contribution in [0.2, 0.25) is 0 Å². The predicted molar refractivity (Wildman–Crippen MR) is 67.0 cm³/mol. The second kappa shape index (κ2) is 4.44. The van der Waals surface area contributed by atoms with E-state index in [9.17, 15) is 9.59 Å². The average molecular weight is 254 g/mol. The van der Waals surface area contributed by atoms with Gasteiger partial charge in [0.25, 0.3) is 0 Å². The molecular formula is C13H22N2O3. The van der Waals surface area contributed by atoms with Crippen molar-refractivity contribution < 1.29 is 14.3 Å². The summed E-state index contributed by atoms with van der Waals surface area (Å²) < 4.78 is 5.37. The van der Waals surface area contributed by atoms with Gasteiger partial charge in [0.15, 0.2) is 0 Å². The Morgan fingerprint density at radius 2 is 1.83 bits per heavy atom. The summed E-state index contributed by atoms with van der Waals surface area (Å²) in [6, 6.07) is 0. The summed E-state index contributed by atoms with van der Waals surface area (Å²) in [5, 5.41) is 0. The summed E-state index contributed by atoms with van der Waals surface area (Å²) in [6.07, 6.45) is 0.299. The van der Waals surface area contributed by atoms with Crippen LogP contribution in [-0.2, 0) is 9.53 Å². The Balaban J connectivity index is 1.96. The van der Waals surface area contributed by atoms with Gasteiger partial charge in [0.1, 0.15) is 5.60 Å². The number of rotatable bonds is 0. The Labute approximate surface area is 108 Å². The van der Waals surface area contributed by atoms with Gasteiger partial charge < -0.3 is 14.5 Å². The van der Waals surface area contributed by atoms with E-state index in [1.165, 1.54) is 0 Å². The lowest BCUT2D eigenvalue weighted by Crippen LogP contribution is -2.41. The van der Waals surface area contributed by atoms with E-state index in [1.807, 2.05) is 27.8 Å². The zero-order valence-corrected chi connectivity index (χ0v) is 11.6. The van der Waals surface area contributed by atoms with Gasteiger partial charge in [-0.15, -0.1) is 0 Å². The second-order valence-corrected chi connectivity index (χ2v) is 6.38. The van der Waals surface area contributed by atoms with E-state index in [0.29, 0.717) is 31.3 Å². The second-order valence-electron chi connectivity index (χ2n) is 6.38. The molecule has 0 aliphatic carbocycles. The van der Waals surface area contributed by atoms with Gasteiger partial charge in [0.05, 0.1) is 0 Å². The maximum atomic E-state index is 12.0. The van der Waals surface area contributed by atoms with Crippen LogP contribution in [0.1, 0.15) is 27.2 Å². The van der Waals surface area contributed by atoms with Gasteiger partial charge in [-0.3, -0.25) is 4.79 Å². The first-order chi connectivity index (χ1) is 8.26. The number of hydrogen-bond donors (Lipinski definition) is 0. The fourth-order valence-corrected chi connectivity index (χ4v) is 2.69. The highest BCUT2D eigenvalue weighted by atomic mass is 16.6. The lowest BCUT2D eigenvalue weighted by molar-refractivity contribution is -0.134. The molecule has 2 fully saturated rings. The minimum atomic E-state index is -0.461. The summed E-state index contributed by atoms with van der Waals surface area (Å²) >= 11 is 0. The van der Waals surface area contributed by atoms with Crippen LogP contribution in [-0.4, -0.2) is 54.1 Å². The molecule has 0 radical (unpaired) electrons. The average Bonchev–Trinajstić information content (AvgIpc) is 2.59. The van der Waals surface area contributed by atoms with E-state index in [4.69, 9.17) is 4.74 Å². The molecule has 2 rings (SSSR count). The van der Waals surface area contributed by atoms with Gasteiger partial charge in [-0.25, -0.2) is 4.79 Å². The smallest absolute Gasteiger partial charge is 0.410 e. The van der Waals surface area contributed by atoms with Gasteiger partial charge in [-0.1, -0.05) is 0 Å². The Morgan fingerprint density at radius 1 is 1.22 bits per heavy atom. The van der Waals surface area contributed by atoms with Crippen molar-refractivity contribution in [3.8, 4) is 0 Å². The van der Waals surface area contributed by atoms with E-state index in [2.05, 4.69) is 0 Å². The normalized spacial score (nSPS) is 28.3. The number of fused-ring (bicyclic) bond motifs is 1. The van der Waals surface area contributed by atoms with Crippen molar-refractivity contribution in [1.29, 1.82) is 0 Å². The Morgan fingerprint density at radius 3 is 2.44 bits per heavy atom. The molecule has 0 bridgehead atoms. The molecule has 2 aliphatic heterocycles. The first-order valence-corrected chi connectivity index (χ1v) is 6.48. The Bertz CT molecular complexity index is 362. The van der Waals surface area contributed by atoms with Crippen LogP contribution >= 0.6 is 0 Å². The topological polar surface area (TPSA) is 49.9 Å². The molecule has 0 aromatic rings. The van der Waals surface area contributed by atoms with Crippen LogP contribution in [0.3, 0.4) is 0 Å². The number of amides is 2. The Kier molecular flexibility index (Phi) is 3.25. The molecule has 2 amide bonds. The van der Waals surface area contributed by atoms with Crippen LogP contribution in [0.4, 0.5) is 4.79 Å². The highest BCUT2D eigenvalue weighted by Crippen LogP contribution is 2.31. The predicted octanol–water partition coefficient (Wildman–Crippen LogP) is 1.33. The summed E-state index contributed by atoms with van der Waals surface area (Å²) in [5.41, 5.74) is -0.461. The first kappa shape index (κ1) is 13.2. The van der Waals surface area contributed by atoms with Crippen molar-refractivity contribution in [3.63, 3.8) is 0 Å². The zero-order valence-electron chi connectivity index (χ0n) is 11.6. The monoisotopic (exact) mass is 254 g/mol. The van der Waals surface area contributed by atoms with Crippen molar-refractivity contribution in [1.82, 2.24) is 9.80 Å². The number of ether oxygens (including phenoxy) is 1. The third-order valence-electron chi connectivity index (χ3n) is 3.60. The molecule has 2 heterocycles. The molecule has 2 saturated heterocycles. The molecule has 18 heavy (non-hydrogen) atoms. The number of piperidine rings is 1. The van der Waals surface area contributed by atoms with E-state index in [0.717, 1.165) is 6.54 Å². The molecular weight excluding hydrogens is 232 g/mol. The molecule has 2 unspecified atom stereocenters. The number of carbonyl (C=O) groups excluding carboxylic acids is 2. The van der Waals surface area contributed by atoms with Crippen LogP contribution in [0.25, 0.3) is 0 Å². The number of hydrogen-bond acceptors (Lipinski definition) is 3. The standard InChI is InChI=1S/C13H22N2O3/c1-13(2,3)18-12(17)15-7-9-5-11(16)14(4)6-10(9)8-15/h9-10H,5-8H2,1-4H3. The fraction of sp³-hybridized carbons (Fsp3) is 0.846. The lowest BCUT2D eigenvalue weighted by Gasteiger charge is -2.30. The number of likely N-dealkylation sites (tertiary alicyclic amines) is 2. The largest absolute Gasteiger partial charge is 0.444 e. The number of carbonyl (C=O) groups is 2. The van der Waals surface area contributed by atoms with Crippen LogP contribution in [0.15, 0.2) is 0 Å². The molecule has 5 heteroatoms.